The molecule has 0 radical (unpaired) electrons. The number of carbonyl (C=O) groups is 1. The highest BCUT2D eigenvalue weighted by molar-refractivity contribution is 9.10. The molecule has 6 nitrogen and oxygen atoms in total. The minimum atomic E-state index is -1.13. The van der Waals surface area contributed by atoms with Crippen LogP contribution >= 0.6 is 15.9 Å². The first-order valence-corrected chi connectivity index (χ1v) is 7.22. The number of fused-ring (bicyclic) bond motifs is 1. The van der Waals surface area contributed by atoms with Crippen LogP contribution in [-0.2, 0) is 6.42 Å². The van der Waals surface area contributed by atoms with E-state index in [1.807, 2.05) is 6.92 Å². The Morgan fingerprint density at radius 3 is 2.81 bits per heavy atom. The number of carboxylic acid groups (broad SMARTS) is 1. The topological polar surface area (TPSA) is 81.8 Å². The van der Waals surface area contributed by atoms with Crippen LogP contribution < -0.4 is 9.47 Å². The molecule has 1 aromatic heterocycles. The van der Waals surface area contributed by atoms with E-state index in [2.05, 4.69) is 21.1 Å². The first-order chi connectivity index (χ1) is 10.1. The minimum absolute atomic E-state index is 0.127. The number of halogens is 1. The molecule has 0 fully saturated rings. The van der Waals surface area contributed by atoms with Gasteiger partial charge in [-0.1, -0.05) is 12.1 Å². The van der Waals surface area contributed by atoms with Crippen molar-refractivity contribution < 1.29 is 23.9 Å². The van der Waals surface area contributed by atoms with E-state index in [-0.39, 0.29) is 5.69 Å². The second-order valence-electron chi connectivity index (χ2n) is 4.48. The Hall–Kier alpha value is -2.02. The molecule has 1 aromatic carbocycles. The summed E-state index contributed by atoms with van der Waals surface area (Å²) in [5.74, 6) is 0.537. The fraction of sp³-hybridized carbons (Fsp3) is 0.286. The van der Waals surface area contributed by atoms with Crippen molar-refractivity contribution in [2.45, 2.75) is 13.3 Å². The average Bonchev–Trinajstić information content (AvgIpc) is 2.97. The van der Waals surface area contributed by atoms with Gasteiger partial charge in [-0.2, -0.15) is 0 Å². The molecule has 21 heavy (non-hydrogen) atoms. The van der Waals surface area contributed by atoms with Crippen LogP contribution in [-0.4, -0.2) is 29.4 Å². The fourth-order valence-electron chi connectivity index (χ4n) is 2.25. The average molecular weight is 354 g/mol. The SMILES string of the molecule is CCc1c(-c2cc(C(=O)O)no2)cc2c(c1Br)OCCO2. The largest absolute Gasteiger partial charge is 0.486 e. The van der Waals surface area contributed by atoms with E-state index >= 15 is 0 Å². The van der Waals surface area contributed by atoms with E-state index in [0.717, 1.165) is 22.0 Å². The summed E-state index contributed by atoms with van der Waals surface area (Å²) in [6, 6.07) is 3.20. The lowest BCUT2D eigenvalue weighted by molar-refractivity contribution is 0.0686. The minimum Gasteiger partial charge on any atom is -0.486 e. The van der Waals surface area contributed by atoms with Gasteiger partial charge in [0.25, 0.3) is 0 Å². The lowest BCUT2D eigenvalue weighted by Gasteiger charge is -2.22. The predicted molar refractivity (Wildman–Crippen MR) is 77.0 cm³/mol. The van der Waals surface area contributed by atoms with Crippen molar-refractivity contribution >= 4 is 21.9 Å². The van der Waals surface area contributed by atoms with Gasteiger partial charge in [0.15, 0.2) is 23.0 Å². The third-order valence-electron chi connectivity index (χ3n) is 3.22. The molecule has 0 saturated carbocycles. The molecule has 2 heterocycles. The van der Waals surface area contributed by atoms with E-state index in [1.165, 1.54) is 6.07 Å². The Morgan fingerprint density at radius 2 is 2.14 bits per heavy atom. The monoisotopic (exact) mass is 353 g/mol. The maximum Gasteiger partial charge on any atom is 0.358 e. The van der Waals surface area contributed by atoms with Crippen molar-refractivity contribution in [3.8, 4) is 22.8 Å². The van der Waals surface area contributed by atoms with Crippen molar-refractivity contribution in [2.75, 3.05) is 13.2 Å². The van der Waals surface area contributed by atoms with Gasteiger partial charge in [-0.25, -0.2) is 4.79 Å². The Kier molecular flexibility index (Phi) is 3.59. The molecule has 0 amide bonds. The molecule has 0 unspecified atom stereocenters. The summed E-state index contributed by atoms with van der Waals surface area (Å²) in [6.45, 7) is 2.97. The van der Waals surface area contributed by atoms with Gasteiger partial charge < -0.3 is 19.1 Å². The number of hydrogen-bond donors (Lipinski definition) is 1. The molecule has 0 spiro atoms. The smallest absolute Gasteiger partial charge is 0.358 e. The lowest BCUT2D eigenvalue weighted by atomic mass is 10.0. The van der Waals surface area contributed by atoms with Gasteiger partial charge in [-0.3, -0.25) is 0 Å². The molecule has 3 rings (SSSR count). The number of aromatic carboxylic acids is 1. The van der Waals surface area contributed by atoms with E-state index < -0.39 is 5.97 Å². The number of hydrogen-bond acceptors (Lipinski definition) is 5. The summed E-state index contributed by atoms with van der Waals surface area (Å²) in [5, 5.41) is 12.5. The molecular formula is C14H12BrNO5. The molecule has 0 bridgehead atoms. The number of ether oxygens (including phenoxy) is 2. The Balaban J connectivity index is 2.16. The molecule has 110 valence electrons. The first kappa shape index (κ1) is 13.9. The number of carboxylic acids is 1. The van der Waals surface area contributed by atoms with Gasteiger partial charge in [0.05, 0.1) is 4.47 Å². The maximum absolute atomic E-state index is 10.9. The highest BCUT2D eigenvalue weighted by atomic mass is 79.9. The van der Waals surface area contributed by atoms with Crippen LogP contribution in [0.3, 0.4) is 0 Å². The van der Waals surface area contributed by atoms with Gasteiger partial charge in [0.1, 0.15) is 13.2 Å². The summed E-state index contributed by atoms with van der Waals surface area (Å²) in [4.78, 5) is 10.9. The van der Waals surface area contributed by atoms with Gasteiger partial charge in [-0.15, -0.1) is 0 Å². The van der Waals surface area contributed by atoms with Crippen molar-refractivity contribution in [1.82, 2.24) is 5.16 Å². The third kappa shape index (κ3) is 2.37. The quantitative estimate of drug-likeness (QED) is 0.912. The second kappa shape index (κ2) is 5.40. The summed E-state index contributed by atoms with van der Waals surface area (Å²) >= 11 is 3.53. The Bertz CT molecular complexity index is 710. The Labute approximate surface area is 128 Å². The van der Waals surface area contributed by atoms with Crippen molar-refractivity contribution in [3.63, 3.8) is 0 Å². The maximum atomic E-state index is 10.9. The number of nitrogens with zero attached hydrogens (tertiary/aromatic N) is 1. The van der Waals surface area contributed by atoms with Crippen LogP contribution in [0.1, 0.15) is 23.0 Å². The molecule has 0 aliphatic carbocycles. The van der Waals surface area contributed by atoms with Crippen LogP contribution in [0.5, 0.6) is 11.5 Å². The standard InChI is InChI=1S/C14H12BrNO5/c1-2-7-8(10-6-9(14(17)18)16-21-10)5-11-13(12(7)15)20-4-3-19-11/h5-6H,2-4H2,1H3,(H,17,18). The van der Waals surface area contributed by atoms with E-state index in [1.54, 1.807) is 6.07 Å². The molecule has 0 saturated heterocycles. The fourth-order valence-corrected chi connectivity index (χ4v) is 3.06. The van der Waals surface area contributed by atoms with E-state index in [9.17, 15) is 4.79 Å². The van der Waals surface area contributed by atoms with Crippen LogP contribution in [0, 0.1) is 0 Å². The second-order valence-corrected chi connectivity index (χ2v) is 5.27. The van der Waals surface area contributed by atoms with E-state index in [0.29, 0.717) is 30.5 Å². The van der Waals surface area contributed by atoms with E-state index in [4.69, 9.17) is 19.1 Å². The van der Waals surface area contributed by atoms with Gasteiger partial charge in [0.2, 0.25) is 0 Å². The molecule has 1 N–H and O–H groups in total. The summed E-state index contributed by atoms with van der Waals surface area (Å²) in [5.41, 5.74) is 1.57. The molecule has 1 aliphatic heterocycles. The van der Waals surface area contributed by atoms with Crippen LogP contribution in [0.2, 0.25) is 0 Å². The van der Waals surface area contributed by atoms with Crippen molar-refractivity contribution in [3.05, 3.63) is 27.9 Å². The number of benzene rings is 1. The number of aromatic nitrogens is 1. The zero-order valence-electron chi connectivity index (χ0n) is 11.2. The predicted octanol–water partition coefficient (Wildman–Crippen LogP) is 3.14. The van der Waals surface area contributed by atoms with Gasteiger partial charge in [0, 0.05) is 11.6 Å². The summed E-state index contributed by atoms with van der Waals surface area (Å²) in [6.07, 6.45) is 0.718. The highest BCUT2D eigenvalue weighted by Gasteiger charge is 2.23. The van der Waals surface area contributed by atoms with Gasteiger partial charge in [-0.05, 0) is 34.0 Å². The Morgan fingerprint density at radius 1 is 1.38 bits per heavy atom. The zero-order chi connectivity index (χ0) is 15.0. The molecular weight excluding hydrogens is 342 g/mol. The van der Waals surface area contributed by atoms with Gasteiger partial charge >= 0.3 is 5.97 Å². The molecule has 2 aromatic rings. The molecule has 7 heteroatoms. The zero-order valence-corrected chi connectivity index (χ0v) is 12.8. The number of rotatable bonds is 3. The van der Waals surface area contributed by atoms with Crippen molar-refractivity contribution in [1.29, 1.82) is 0 Å². The summed E-state index contributed by atoms with van der Waals surface area (Å²) in [7, 11) is 0. The normalized spacial score (nSPS) is 13.2. The molecule has 0 atom stereocenters. The summed E-state index contributed by atoms with van der Waals surface area (Å²) < 4.78 is 17.2. The van der Waals surface area contributed by atoms with Crippen LogP contribution in [0.4, 0.5) is 0 Å². The van der Waals surface area contributed by atoms with Crippen LogP contribution in [0.15, 0.2) is 21.1 Å². The highest BCUT2D eigenvalue weighted by Crippen LogP contribution is 2.45. The van der Waals surface area contributed by atoms with Crippen molar-refractivity contribution in [2.24, 2.45) is 0 Å². The lowest BCUT2D eigenvalue weighted by Crippen LogP contribution is -2.16. The first-order valence-electron chi connectivity index (χ1n) is 6.43. The van der Waals surface area contributed by atoms with Crippen LogP contribution in [0.25, 0.3) is 11.3 Å². The molecule has 1 aliphatic rings. The third-order valence-corrected chi connectivity index (χ3v) is 4.06.